The van der Waals surface area contributed by atoms with Crippen LogP contribution in [0.5, 0.6) is 0 Å². The van der Waals surface area contributed by atoms with Gasteiger partial charge in [-0.15, -0.1) is 0 Å². The summed E-state index contributed by atoms with van der Waals surface area (Å²) in [6.07, 6.45) is 2.10. The lowest BCUT2D eigenvalue weighted by atomic mass is 9.84. The number of pyridine rings is 1. The normalized spacial score (nSPS) is 11.9. The third kappa shape index (κ3) is 3.60. The summed E-state index contributed by atoms with van der Waals surface area (Å²) in [6, 6.07) is 20.3. The molecule has 2 aromatic heterocycles. The fourth-order valence-corrected chi connectivity index (χ4v) is 5.07. The largest absolute Gasteiger partial charge is 0.455 e. The summed E-state index contributed by atoms with van der Waals surface area (Å²) < 4.78 is 23.1. The Kier molecular flexibility index (Phi) is 5.51. The summed E-state index contributed by atoms with van der Waals surface area (Å²) in [7, 11) is 2.07. The van der Waals surface area contributed by atoms with Gasteiger partial charge in [-0.25, -0.2) is 8.96 Å². The third-order valence-corrected chi connectivity index (χ3v) is 6.86. The first-order valence-electron chi connectivity index (χ1n) is 12.0. The monoisotopic (exact) mass is 452 g/mol. The number of aromatic nitrogens is 1. The predicted molar refractivity (Wildman–Crippen MR) is 139 cm³/mol. The Bertz CT molecular complexity index is 1510. The quantitative estimate of drug-likeness (QED) is 0.250. The highest BCUT2D eigenvalue weighted by molar-refractivity contribution is 6.09. The molecule has 0 N–H and O–H groups in total. The van der Waals surface area contributed by atoms with Gasteiger partial charge in [-0.3, -0.25) is 0 Å². The molecule has 5 rings (SSSR count). The fraction of sp³-hybridized carbons (Fsp3) is 0.258. The summed E-state index contributed by atoms with van der Waals surface area (Å²) in [4.78, 5) is 0. The van der Waals surface area contributed by atoms with Crippen molar-refractivity contribution in [3.8, 4) is 22.4 Å². The molecule has 0 atom stereocenters. The van der Waals surface area contributed by atoms with E-state index in [2.05, 4.69) is 82.8 Å². The predicted octanol–water partition coefficient (Wildman–Crippen LogP) is 8.44. The van der Waals surface area contributed by atoms with Crippen molar-refractivity contribution in [1.82, 2.24) is 0 Å². The number of hydrogen-bond acceptors (Lipinski definition) is 1. The first-order valence-corrected chi connectivity index (χ1v) is 12.0. The Morgan fingerprint density at radius 1 is 0.794 bits per heavy atom. The molecule has 34 heavy (non-hydrogen) atoms. The summed E-state index contributed by atoms with van der Waals surface area (Å²) in [6.45, 7) is 10.7. The molecule has 0 fully saturated rings. The number of furan rings is 1. The average Bonchev–Trinajstić information content (AvgIpc) is 3.17. The topological polar surface area (TPSA) is 17.0 Å². The van der Waals surface area contributed by atoms with Crippen molar-refractivity contribution < 1.29 is 13.4 Å². The van der Waals surface area contributed by atoms with Gasteiger partial charge in [-0.1, -0.05) is 58.0 Å². The molecule has 0 unspecified atom stereocenters. The summed E-state index contributed by atoms with van der Waals surface area (Å²) in [5, 5.41) is 2.24. The van der Waals surface area contributed by atoms with Gasteiger partial charge in [-0.05, 0) is 64.8 Å². The molecule has 0 amide bonds. The van der Waals surface area contributed by atoms with Crippen LogP contribution in [0.4, 0.5) is 4.39 Å². The van der Waals surface area contributed by atoms with E-state index in [1.54, 1.807) is 12.1 Å². The van der Waals surface area contributed by atoms with E-state index >= 15 is 0 Å². The standard InChI is InChI=1S/C31H31FNO/c1-18(2)25-16-22(32)17-26(19(3)4)30(25)21-13-14-33(6)27(15-21)29-20(5)11-12-24-23-9-7-8-10-28(23)34-31(24)29/h7-19H,1-6H3/q+1. The van der Waals surface area contributed by atoms with Gasteiger partial charge in [0.1, 0.15) is 24.0 Å². The van der Waals surface area contributed by atoms with Crippen molar-refractivity contribution in [2.75, 3.05) is 0 Å². The van der Waals surface area contributed by atoms with Crippen LogP contribution in [-0.4, -0.2) is 0 Å². The molecule has 3 heteroatoms. The van der Waals surface area contributed by atoms with Crippen LogP contribution < -0.4 is 4.57 Å². The molecule has 0 spiro atoms. The minimum Gasteiger partial charge on any atom is -0.455 e. The van der Waals surface area contributed by atoms with E-state index in [1.165, 1.54) is 0 Å². The number of para-hydroxylation sites is 1. The van der Waals surface area contributed by atoms with E-state index in [4.69, 9.17) is 4.42 Å². The number of halogens is 1. The van der Waals surface area contributed by atoms with Crippen molar-refractivity contribution in [1.29, 1.82) is 0 Å². The molecule has 2 nitrogen and oxygen atoms in total. The lowest BCUT2D eigenvalue weighted by molar-refractivity contribution is -0.660. The minimum atomic E-state index is -0.166. The second-order valence-electron chi connectivity index (χ2n) is 9.91. The third-order valence-electron chi connectivity index (χ3n) is 6.86. The highest BCUT2D eigenvalue weighted by atomic mass is 19.1. The summed E-state index contributed by atoms with van der Waals surface area (Å²) in [5.74, 6) is 0.253. The zero-order valence-corrected chi connectivity index (χ0v) is 20.7. The Morgan fingerprint density at radius 3 is 2.15 bits per heavy atom. The molecule has 172 valence electrons. The molecule has 0 aliphatic rings. The van der Waals surface area contributed by atoms with Gasteiger partial charge in [0.15, 0.2) is 6.20 Å². The lowest BCUT2D eigenvalue weighted by Gasteiger charge is -2.20. The van der Waals surface area contributed by atoms with E-state index in [-0.39, 0.29) is 17.7 Å². The lowest BCUT2D eigenvalue weighted by Crippen LogP contribution is -2.30. The van der Waals surface area contributed by atoms with E-state index in [9.17, 15) is 4.39 Å². The Morgan fingerprint density at radius 2 is 1.47 bits per heavy atom. The van der Waals surface area contributed by atoms with Gasteiger partial charge in [0.05, 0.1) is 5.56 Å². The van der Waals surface area contributed by atoms with Crippen LogP contribution in [0.3, 0.4) is 0 Å². The molecule has 0 saturated heterocycles. The number of fused-ring (bicyclic) bond motifs is 3. The van der Waals surface area contributed by atoms with E-state index in [1.807, 2.05) is 18.2 Å². The van der Waals surface area contributed by atoms with Crippen LogP contribution in [0.2, 0.25) is 0 Å². The highest BCUT2D eigenvalue weighted by Gasteiger charge is 2.24. The summed E-state index contributed by atoms with van der Waals surface area (Å²) >= 11 is 0. The highest BCUT2D eigenvalue weighted by Crippen LogP contribution is 2.40. The van der Waals surface area contributed by atoms with E-state index in [0.29, 0.717) is 0 Å². The number of nitrogens with zero attached hydrogens (tertiary/aromatic N) is 1. The number of aryl methyl sites for hydroxylation is 2. The zero-order chi connectivity index (χ0) is 24.1. The first kappa shape index (κ1) is 22.3. The Hall–Kier alpha value is -3.46. The van der Waals surface area contributed by atoms with Crippen LogP contribution >= 0.6 is 0 Å². The zero-order valence-electron chi connectivity index (χ0n) is 20.7. The average molecular weight is 453 g/mol. The molecule has 0 bridgehead atoms. The van der Waals surface area contributed by atoms with Crippen molar-refractivity contribution in [2.45, 2.75) is 46.5 Å². The van der Waals surface area contributed by atoms with Crippen LogP contribution in [0.15, 0.2) is 71.3 Å². The van der Waals surface area contributed by atoms with Gasteiger partial charge in [0.25, 0.3) is 0 Å². The van der Waals surface area contributed by atoms with E-state index < -0.39 is 0 Å². The van der Waals surface area contributed by atoms with E-state index in [0.717, 1.165) is 61.0 Å². The van der Waals surface area contributed by atoms with Crippen molar-refractivity contribution in [2.24, 2.45) is 7.05 Å². The maximum atomic E-state index is 14.6. The molecular weight excluding hydrogens is 421 g/mol. The van der Waals surface area contributed by atoms with Gasteiger partial charge < -0.3 is 4.42 Å². The Balaban J connectivity index is 1.82. The number of benzene rings is 3. The first-order chi connectivity index (χ1) is 16.3. The second-order valence-corrected chi connectivity index (χ2v) is 9.91. The molecule has 3 aromatic carbocycles. The minimum absolute atomic E-state index is 0.166. The molecule has 5 aromatic rings. The van der Waals surface area contributed by atoms with Crippen molar-refractivity contribution in [3.05, 3.63) is 89.4 Å². The van der Waals surface area contributed by atoms with Crippen molar-refractivity contribution >= 4 is 21.9 Å². The second kappa shape index (κ2) is 8.39. The molecule has 2 heterocycles. The van der Waals surface area contributed by atoms with Crippen molar-refractivity contribution in [3.63, 3.8) is 0 Å². The SMILES string of the molecule is Cc1ccc2c(oc3ccccc32)c1-c1cc(-c2c(C(C)C)cc(F)cc2C(C)C)cc[n+]1C. The molecular formula is C31H31FNO+. The summed E-state index contributed by atoms with van der Waals surface area (Å²) in [5.41, 5.74) is 9.46. The number of rotatable bonds is 4. The number of hydrogen-bond donors (Lipinski definition) is 0. The molecule has 0 saturated carbocycles. The van der Waals surface area contributed by atoms with Crippen LogP contribution in [0.1, 0.15) is 56.2 Å². The molecule has 0 aliphatic heterocycles. The van der Waals surface area contributed by atoms with Gasteiger partial charge in [-0.2, -0.15) is 0 Å². The fourth-order valence-electron chi connectivity index (χ4n) is 5.07. The van der Waals surface area contributed by atoms with Gasteiger partial charge in [0.2, 0.25) is 5.69 Å². The Labute approximate surface area is 200 Å². The maximum Gasteiger partial charge on any atom is 0.216 e. The van der Waals surface area contributed by atoms with Crippen LogP contribution in [-0.2, 0) is 7.05 Å². The van der Waals surface area contributed by atoms with Gasteiger partial charge >= 0.3 is 0 Å². The van der Waals surface area contributed by atoms with Crippen LogP contribution in [0, 0.1) is 12.7 Å². The molecule has 0 aliphatic carbocycles. The van der Waals surface area contributed by atoms with Crippen LogP contribution in [0.25, 0.3) is 44.3 Å². The maximum absolute atomic E-state index is 14.6. The van der Waals surface area contributed by atoms with Gasteiger partial charge in [0, 0.05) is 22.9 Å². The molecule has 0 radical (unpaired) electrons. The smallest absolute Gasteiger partial charge is 0.216 e.